The topological polar surface area (TPSA) is 104 Å². The molecule has 1 aliphatic carbocycles. The third-order valence-corrected chi connectivity index (χ3v) is 6.38. The SMILES string of the molecule is CCCCC(O)(C#C[Si](C)(C)C)CC=C[C@H]1CCC(=O)[C@@H]1CCCCOC(O)C(=O)O. The zero-order valence-corrected chi connectivity index (χ0v) is 20.5. The number of carbonyl (C=O) groups excluding carboxylic acids is 1. The molecule has 6 nitrogen and oxygen atoms in total. The molecule has 1 fully saturated rings. The molecule has 4 atom stereocenters. The molecule has 0 aromatic carbocycles. The lowest BCUT2D eigenvalue weighted by Crippen LogP contribution is -2.28. The number of aliphatic hydroxyl groups is 2. The van der Waals surface area contributed by atoms with E-state index in [9.17, 15) is 14.7 Å². The molecule has 0 spiro atoms. The van der Waals surface area contributed by atoms with Crippen molar-refractivity contribution in [3.63, 3.8) is 0 Å². The van der Waals surface area contributed by atoms with Crippen LogP contribution >= 0.6 is 0 Å². The maximum absolute atomic E-state index is 12.3. The summed E-state index contributed by atoms with van der Waals surface area (Å²) in [5.41, 5.74) is 2.30. The molecular formula is C24H40O6Si. The number of carbonyl (C=O) groups is 2. The number of carboxylic acid groups (broad SMARTS) is 1. The van der Waals surface area contributed by atoms with Crippen molar-refractivity contribution in [2.75, 3.05) is 6.61 Å². The number of aliphatic carboxylic acids is 1. The van der Waals surface area contributed by atoms with Crippen molar-refractivity contribution in [1.82, 2.24) is 0 Å². The first-order valence-electron chi connectivity index (χ1n) is 11.5. The summed E-state index contributed by atoms with van der Waals surface area (Å²) in [4.78, 5) is 22.8. The number of ether oxygens (including phenoxy) is 1. The fourth-order valence-electron chi connectivity index (χ4n) is 3.70. The smallest absolute Gasteiger partial charge is 0.360 e. The highest BCUT2D eigenvalue weighted by Gasteiger charge is 2.32. The fourth-order valence-corrected chi connectivity index (χ4v) is 4.31. The van der Waals surface area contributed by atoms with Gasteiger partial charge in [-0.15, -0.1) is 5.54 Å². The minimum atomic E-state index is -1.79. The summed E-state index contributed by atoms with van der Waals surface area (Å²) in [6.07, 6.45) is 8.78. The van der Waals surface area contributed by atoms with E-state index in [1.165, 1.54) is 0 Å². The Morgan fingerprint density at radius 3 is 2.65 bits per heavy atom. The van der Waals surface area contributed by atoms with Crippen LogP contribution in [0, 0.1) is 23.3 Å². The highest BCUT2D eigenvalue weighted by Crippen LogP contribution is 2.34. The molecule has 0 amide bonds. The number of hydrogen-bond acceptors (Lipinski definition) is 5. The predicted octanol–water partition coefficient (Wildman–Crippen LogP) is 3.92. The number of aliphatic hydroxyl groups excluding tert-OH is 1. The Balaban J connectivity index is 2.61. The van der Waals surface area contributed by atoms with Crippen LogP contribution in [0.15, 0.2) is 12.2 Å². The van der Waals surface area contributed by atoms with Gasteiger partial charge in [-0.05, 0) is 38.0 Å². The number of allylic oxidation sites excluding steroid dienone is 1. The molecule has 0 radical (unpaired) electrons. The van der Waals surface area contributed by atoms with Crippen molar-refractivity contribution < 1.29 is 29.6 Å². The van der Waals surface area contributed by atoms with Crippen molar-refractivity contribution in [3.05, 3.63) is 12.2 Å². The minimum absolute atomic E-state index is 0.0440. The molecule has 31 heavy (non-hydrogen) atoms. The normalized spacial score (nSPS) is 22.2. The van der Waals surface area contributed by atoms with E-state index in [0.717, 1.165) is 32.1 Å². The number of unbranched alkanes of at least 4 members (excludes halogenated alkanes) is 2. The van der Waals surface area contributed by atoms with Crippen LogP contribution in [-0.4, -0.2) is 53.6 Å². The van der Waals surface area contributed by atoms with Gasteiger partial charge in [0.05, 0.1) is 6.61 Å². The highest BCUT2D eigenvalue weighted by atomic mass is 28.3. The average Bonchev–Trinajstić information content (AvgIpc) is 3.03. The second-order valence-electron chi connectivity index (χ2n) is 9.60. The molecule has 176 valence electrons. The lowest BCUT2D eigenvalue weighted by molar-refractivity contribution is -0.176. The van der Waals surface area contributed by atoms with Gasteiger partial charge in [-0.3, -0.25) is 4.79 Å². The second kappa shape index (κ2) is 13.2. The maximum atomic E-state index is 12.3. The van der Waals surface area contributed by atoms with E-state index in [1.54, 1.807) is 0 Å². The van der Waals surface area contributed by atoms with Crippen molar-refractivity contribution in [3.8, 4) is 11.5 Å². The van der Waals surface area contributed by atoms with Crippen LogP contribution < -0.4 is 0 Å². The lowest BCUT2D eigenvalue weighted by Gasteiger charge is -2.22. The number of ketones is 1. The van der Waals surface area contributed by atoms with Gasteiger partial charge >= 0.3 is 5.97 Å². The van der Waals surface area contributed by atoms with Gasteiger partial charge < -0.3 is 20.1 Å². The molecule has 1 saturated carbocycles. The number of hydrogen-bond donors (Lipinski definition) is 3. The average molecular weight is 453 g/mol. The van der Waals surface area contributed by atoms with Gasteiger partial charge in [0, 0.05) is 18.8 Å². The molecule has 1 aliphatic rings. The van der Waals surface area contributed by atoms with Crippen LogP contribution in [0.1, 0.15) is 64.7 Å². The summed E-state index contributed by atoms with van der Waals surface area (Å²) in [6.45, 7) is 8.74. The van der Waals surface area contributed by atoms with E-state index >= 15 is 0 Å². The number of Topliss-reactive ketones (excluding diaryl/α,β-unsaturated/α-hetero) is 1. The van der Waals surface area contributed by atoms with Gasteiger partial charge in [0.1, 0.15) is 19.5 Å². The Labute approximate surface area is 188 Å². The van der Waals surface area contributed by atoms with E-state index < -0.39 is 25.9 Å². The molecule has 0 saturated heterocycles. The number of carboxylic acids is 1. The summed E-state index contributed by atoms with van der Waals surface area (Å²) in [6, 6.07) is 0. The zero-order chi connectivity index (χ0) is 23.5. The third-order valence-electron chi connectivity index (χ3n) is 5.50. The van der Waals surface area contributed by atoms with Crippen molar-refractivity contribution >= 4 is 19.8 Å². The molecule has 1 rings (SSSR count). The summed E-state index contributed by atoms with van der Waals surface area (Å²) in [7, 11) is -1.57. The summed E-state index contributed by atoms with van der Waals surface area (Å²) in [5, 5.41) is 28.7. The van der Waals surface area contributed by atoms with Crippen molar-refractivity contribution in [1.29, 1.82) is 0 Å². The van der Waals surface area contributed by atoms with E-state index in [-0.39, 0.29) is 24.2 Å². The van der Waals surface area contributed by atoms with Crippen LogP contribution in [0.3, 0.4) is 0 Å². The maximum Gasteiger partial charge on any atom is 0.360 e. The van der Waals surface area contributed by atoms with Gasteiger partial charge in [0.2, 0.25) is 0 Å². The molecular weight excluding hydrogens is 412 g/mol. The Morgan fingerprint density at radius 1 is 1.32 bits per heavy atom. The molecule has 0 heterocycles. The van der Waals surface area contributed by atoms with E-state index in [1.807, 2.05) is 6.08 Å². The van der Waals surface area contributed by atoms with Gasteiger partial charge in [-0.2, -0.15) is 0 Å². The van der Waals surface area contributed by atoms with Crippen LogP contribution in [-0.2, 0) is 14.3 Å². The Hall–Kier alpha value is -1.46. The molecule has 3 N–H and O–H groups in total. The van der Waals surface area contributed by atoms with Crippen molar-refractivity contribution in [2.24, 2.45) is 11.8 Å². The predicted molar refractivity (Wildman–Crippen MR) is 124 cm³/mol. The summed E-state index contributed by atoms with van der Waals surface area (Å²) in [5.74, 6) is 2.14. The Kier molecular flexibility index (Phi) is 11.7. The minimum Gasteiger partial charge on any atom is -0.477 e. The standard InChI is InChI=1S/C24H40O6Si/c1-5-6-14-24(29,16-18-31(2,3)4)15-9-10-19-12-13-21(25)20(19)11-7-8-17-30-23(28)22(26)27/h9-10,19-20,23,28-29H,5-8,11-15,17H2,1-4H3,(H,26,27)/t19-,20+,23?,24?/m0/s1. The van der Waals surface area contributed by atoms with Crippen molar-refractivity contribution in [2.45, 2.75) is 96.2 Å². The molecule has 0 bridgehead atoms. The van der Waals surface area contributed by atoms with Gasteiger partial charge in [-0.25, -0.2) is 4.79 Å². The van der Waals surface area contributed by atoms with Gasteiger partial charge in [0.25, 0.3) is 6.29 Å². The number of rotatable bonds is 13. The highest BCUT2D eigenvalue weighted by molar-refractivity contribution is 6.83. The van der Waals surface area contributed by atoms with E-state index in [0.29, 0.717) is 25.7 Å². The molecule has 2 unspecified atom stereocenters. The zero-order valence-electron chi connectivity index (χ0n) is 19.5. The first-order chi connectivity index (χ1) is 14.5. The summed E-state index contributed by atoms with van der Waals surface area (Å²) >= 11 is 0. The van der Waals surface area contributed by atoms with Crippen LogP contribution in [0.25, 0.3) is 0 Å². The molecule has 0 aromatic rings. The van der Waals surface area contributed by atoms with Crippen LogP contribution in [0.2, 0.25) is 19.6 Å². The Bertz CT molecular complexity index is 672. The molecule has 0 aromatic heterocycles. The first kappa shape index (κ1) is 27.6. The fraction of sp³-hybridized carbons (Fsp3) is 0.750. The quantitative estimate of drug-likeness (QED) is 0.129. The Morgan fingerprint density at radius 2 is 2.03 bits per heavy atom. The van der Waals surface area contributed by atoms with Crippen LogP contribution in [0.5, 0.6) is 0 Å². The lowest BCUT2D eigenvalue weighted by atomic mass is 9.88. The van der Waals surface area contributed by atoms with Gasteiger partial charge in [-0.1, -0.05) is 57.5 Å². The van der Waals surface area contributed by atoms with Crippen LogP contribution in [0.4, 0.5) is 0 Å². The first-order valence-corrected chi connectivity index (χ1v) is 15.0. The summed E-state index contributed by atoms with van der Waals surface area (Å²) < 4.78 is 4.82. The third kappa shape index (κ3) is 11.1. The monoisotopic (exact) mass is 452 g/mol. The van der Waals surface area contributed by atoms with E-state index in [4.69, 9.17) is 14.9 Å². The van der Waals surface area contributed by atoms with E-state index in [2.05, 4.69) is 44.1 Å². The molecule has 0 aliphatic heterocycles. The molecule has 7 heteroatoms. The van der Waals surface area contributed by atoms with Gasteiger partial charge in [0.15, 0.2) is 0 Å². The second-order valence-corrected chi connectivity index (χ2v) is 14.3. The largest absolute Gasteiger partial charge is 0.477 e.